The molecule has 0 unspecified atom stereocenters. The summed E-state index contributed by atoms with van der Waals surface area (Å²) in [7, 11) is 3.25. The molecule has 7 nitrogen and oxygen atoms in total. The Morgan fingerprint density at radius 3 is 1.85 bits per heavy atom. The number of ketones is 1. The summed E-state index contributed by atoms with van der Waals surface area (Å²) < 4.78 is 25.5. The number of hydrogen-bond donors (Lipinski definition) is 0. The van der Waals surface area contributed by atoms with Crippen LogP contribution in [0.1, 0.15) is 22.4 Å². The summed E-state index contributed by atoms with van der Waals surface area (Å²) in [6.07, 6.45) is 5.75. The lowest BCUT2D eigenvalue weighted by Gasteiger charge is -2.29. The van der Waals surface area contributed by atoms with Gasteiger partial charge in [-0.1, -0.05) is 41.6 Å². The van der Waals surface area contributed by atoms with Crippen LogP contribution in [0.5, 0.6) is 11.5 Å². The van der Waals surface area contributed by atoms with E-state index in [1.165, 1.54) is 12.1 Å². The highest BCUT2D eigenvalue weighted by Gasteiger charge is 2.27. The quantitative estimate of drug-likeness (QED) is 0.301. The van der Waals surface area contributed by atoms with Crippen LogP contribution >= 0.6 is 0 Å². The molecule has 3 aromatic carbocycles. The van der Waals surface area contributed by atoms with E-state index < -0.39 is 0 Å². The number of piperidine rings is 1. The maximum Gasteiger partial charge on any atom is 0.187 e. The Hall–Kier alpha value is -4.56. The Labute approximate surface area is 226 Å². The number of carbonyl (C=O) groups is 1. The van der Waals surface area contributed by atoms with Crippen molar-refractivity contribution in [3.05, 3.63) is 118 Å². The first-order valence-electron chi connectivity index (χ1n) is 12.6. The lowest BCUT2D eigenvalue weighted by molar-refractivity contribution is -0.113. The first-order chi connectivity index (χ1) is 19.0. The zero-order valence-electron chi connectivity index (χ0n) is 21.9. The third-order valence-electron chi connectivity index (χ3n) is 6.51. The van der Waals surface area contributed by atoms with E-state index in [0.717, 1.165) is 33.9 Å². The molecule has 1 aliphatic rings. The minimum Gasteiger partial charge on any atom is -0.497 e. The van der Waals surface area contributed by atoms with Gasteiger partial charge in [0.15, 0.2) is 5.78 Å². The van der Waals surface area contributed by atoms with E-state index in [9.17, 15) is 9.18 Å². The predicted octanol–water partition coefficient (Wildman–Crippen LogP) is 5.03. The highest BCUT2D eigenvalue weighted by atomic mass is 19.1. The van der Waals surface area contributed by atoms with Crippen LogP contribution < -0.4 is 9.47 Å². The summed E-state index contributed by atoms with van der Waals surface area (Å²) in [6, 6.07) is 21.6. The molecule has 1 fully saturated rings. The number of nitrogens with zero attached hydrogens (tertiary/aromatic N) is 4. The highest BCUT2D eigenvalue weighted by Crippen LogP contribution is 2.25. The van der Waals surface area contributed by atoms with Gasteiger partial charge in [0.1, 0.15) is 17.3 Å². The van der Waals surface area contributed by atoms with Crippen LogP contribution in [-0.4, -0.2) is 53.0 Å². The van der Waals surface area contributed by atoms with Crippen LogP contribution in [0.25, 0.3) is 12.2 Å². The number of hydrogen-bond acceptors (Lipinski definition) is 6. The molecule has 0 N–H and O–H groups in total. The molecule has 198 valence electrons. The second-order valence-electron chi connectivity index (χ2n) is 9.39. The second kappa shape index (κ2) is 11.9. The SMILES string of the molecule is COc1ccc(/C=C2\CN(Cc3cn(Cc4ccc(F)cc4)nn3)C/C(=C\c3ccc(OC)cc3)C2=O)cc1. The van der Waals surface area contributed by atoms with E-state index >= 15 is 0 Å². The average molecular weight is 525 g/mol. The molecule has 39 heavy (non-hydrogen) atoms. The molecular formula is C31H29FN4O3. The van der Waals surface area contributed by atoms with Crippen molar-refractivity contribution in [3.8, 4) is 11.5 Å². The molecule has 0 amide bonds. The number of aromatic nitrogens is 3. The largest absolute Gasteiger partial charge is 0.497 e. The Morgan fingerprint density at radius 2 is 1.33 bits per heavy atom. The van der Waals surface area contributed by atoms with Gasteiger partial charge in [-0.05, 0) is 65.2 Å². The van der Waals surface area contributed by atoms with E-state index in [4.69, 9.17) is 9.47 Å². The molecule has 2 heterocycles. The summed E-state index contributed by atoms with van der Waals surface area (Å²) >= 11 is 0. The number of benzene rings is 3. The molecule has 1 saturated heterocycles. The van der Waals surface area contributed by atoms with Crippen LogP contribution in [0, 0.1) is 5.82 Å². The molecule has 0 radical (unpaired) electrons. The van der Waals surface area contributed by atoms with Crippen molar-refractivity contribution in [2.75, 3.05) is 27.3 Å². The molecule has 1 aliphatic heterocycles. The van der Waals surface area contributed by atoms with Crippen molar-refractivity contribution in [2.45, 2.75) is 13.1 Å². The third-order valence-corrected chi connectivity index (χ3v) is 6.51. The van der Waals surface area contributed by atoms with E-state index in [-0.39, 0.29) is 11.6 Å². The van der Waals surface area contributed by atoms with Gasteiger partial charge in [0.2, 0.25) is 0 Å². The number of methoxy groups -OCH3 is 2. The number of ether oxygens (including phenoxy) is 2. The van der Waals surface area contributed by atoms with Gasteiger partial charge >= 0.3 is 0 Å². The average Bonchev–Trinajstić information content (AvgIpc) is 3.39. The zero-order valence-corrected chi connectivity index (χ0v) is 21.9. The van der Waals surface area contributed by atoms with Crippen LogP contribution in [0.2, 0.25) is 0 Å². The van der Waals surface area contributed by atoms with E-state index in [0.29, 0.717) is 37.3 Å². The van der Waals surface area contributed by atoms with Crippen molar-refractivity contribution in [1.29, 1.82) is 0 Å². The molecule has 0 spiro atoms. The van der Waals surface area contributed by atoms with Gasteiger partial charge in [-0.2, -0.15) is 0 Å². The van der Waals surface area contributed by atoms with Gasteiger partial charge < -0.3 is 9.47 Å². The molecule has 8 heteroatoms. The number of halogens is 1. The molecule has 0 aliphatic carbocycles. The molecular weight excluding hydrogens is 495 g/mol. The van der Waals surface area contributed by atoms with E-state index in [1.807, 2.05) is 66.9 Å². The molecule has 5 rings (SSSR count). The maximum absolute atomic E-state index is 13.5. The van der Waals surface area contributed by atoms with Gasteiger partial charge in [0, 0.05) is 30.8 Å². The topological polar surface area (TPSA) is 69.5 Å². The van der Waals surface area contributed by atoms with Crippen LogP contribution in [-0.2, 0) is 17.9 Å². The molecule has 4 aromatic rings. The predicted molar refractivity (Wildman–Crippen MR) is 148 cm³/mol. The lowest BCUT2D eigenvalue weighted by Crippen LogP contribution is -2.37. The molecule has 0 saturated carbocycles. The van der Waals surface area contributed by atoms with Crippen molar-refractivity contribution >= 4 is 17.9 Å². The summed E-state index contributed by atoms with van der Waals surface area (Å²) in [6.45, 7) is 1.99. The first kappa shape index (κ1) is 26.1. The standard InChI is InChI=1S/C31H29FN4O3/c1-38-29-11-5-22(6-12-29)15-25-18-35(19-26(31(25)37)16-23-7-13-30(39-2)14-8-23)20-28-21-36(34-33-28)17-24-3-9-27(32)10-4-24/h3-16,21H,17-20H2,1-2H3/b25-15+,26-16+. The van der Waals surface area contributed by atoms with Crippen molar-refractivity contribution in [2.24, 2.45) is 0 Å². The minimum absolute atomic E-state index is 0.0258. The van der Waals surface area contributed by atoms with Gasteiger partial charge in [-0.3, -0.25) is 9.69 Å². The van der Waals surface area contributed by atoms with Gasteiger partial charge in [0.05, 0.1) is 32.7 Å². The Morgan fingerprint density at radius 1 is 0.795 bits per heavy atom. The Balaban J connectivity index is 1.38. The fourth-order valence-electron chi connectivity index (χ4n) is 4.52. The summed E-state index contributed by atoms with van der Waals surface area (Å²) in [5.41, 5.74) is 4.98. The number of Topliss-reactive ketones (excluding diaryl/α,β-unsaturated/α-hetero) is 1. The Kier molecular flexibility index (Phi) is 7.94. The normalized spacial score (nSPS) is 16.1. The molecule has 0 bridgehead atoms. The smallest absolute Gasteiger partial charge is 0.187 e. The zero-order chi connectivity index (χ0) is 27.2. The number of carbonyl (C=O) groups excluding carboxylic acids is 1. The van der Waals surface area contributed by atoms with Gasteiger partial charge in [0.25, 0.3) is 0 Å². The maximum atomic E-state index is 13.5. The third kappa shape index (κ3) is 6.66. The number of rotatable bonds is 8. The van der Waals surface area contributed by atoms with E-state index in [1.54, 1.807) is 31.0 Å². The fourth-order valence-corrected chi connectivity index (χ4v) is 4.52. The van der Waals surface area contributed by atoms with Crippen molar-refractivity contribution in [3.63, 3.8) is 0 Å². The fraction of sp³-hybridized carbons (Fsp3) is 0.194. The summed E-state index contributed by atoms with van der Waals surface area (Å²) in [4.78, 5) is 15.7. The Bertz CT molecular complexity index is 1420. The number of likely N-dealkylation sites (tertiary alicyclic amines) is 1. The lowest BCUT2D eigenvalue weighted by atomic mass is 9.94. The minimum atomic E-state index is -0.269. The second-order valence-corrected chi connectivity index (χ2v) is 9.39. The van der Waals surface area contributed by atoms with E-state index in [2.05, 4.69) is 15.2 Å². The van der Waals surface area contributed by atoms with Crippen molar-refractivity contribution in [1.82, 2.24) is 19.9 Å². The van der Waals surface area contributed by atoms with Crippen molar-refractivity contribution < 1.29 is 18.7 Å². The first-order valence-corrected chi connectivity index (χ1v) is 12.6. The molecule has 0 atom stereocenters. The van der Waals surface area contributed by atoms with Gasteiger partial charge in [-0.15, -0.1) is 5.10 Å². The summed E-state index contributed by atoms with van der Waals surface area (Å²) in [5, 5.41) is 8.59. The van der Waals surface area contributed by atoms with Gasteiger partial charge in [-0.25, -0.2) is 9.07 Å². The van der Waals surface area contributed by atoms with Crippen LogP contribution in [0.15, 0.2) is 90.1 Å². The van der Waals surface area contributed by atoms with Crippen LogP contribution in [0.4, 0.5) is 4.39 Å². The summed E-state index contributed by atoms with van der Waals surface area (Å²) in [5.74, 6) is 1.28. The highest BCUT2D eigenvalue weighted by molar-refractivity contribution is 6.14. The monoisotopic (exact) mass is 524 g/mol. The van der Waals surface area contributed by atoms with Crippen LogP contribution in [0.3, 0.4) is 0 Å². The molecule has 1 aromatic heterocycles.